The van der Waals surface area contributed by atoms with Gasteiger partial charge in [0.25, 0.3) is 0 Å². The van der Waals surface area contributed by atoms with Crippen LogP contribution in [0.5, 0.6) is 0 Å². The molecule has 0 saturated carbocycles. The maximum absolute atomic E-state index is 13.9. The average molecular weight is 350 g/mol. The third-order valence-electron chi connectivity index (χ3n) is 4.55. The van der Waals surface area contributed by atoms with Crippen molar-refractivity contribution in [3.05, 3.63) is 47.5 Å². The van der Waals surface area contributed by atoms with Crippen molar-refractivity contribution < 1.29 is 18.0 Å². The molecule has 25 heavy (non-hydrogen) atoms. The van der Waals surface area contributed by atoms with Gasteiger partial charge in [-0.25, -0.2) is 5.01 Å². The second kappa shape index (κ2) is 6.02. The minimum absolute atomic E-state index is 0.0400. The van der Waals surface area contributed by atoms with E-state index in [4.69, 9.17) is 0 Å². The van der Waals surface area contributed by atoms with Crippen LogP contribution in [0.25, 0.3) is 10.8 Å². The van der Waals surface area contributed by atoms with Gasteiger partial charge >= 0.3 is 6.18 Å². The van der Waals surface area contributed by atoms with E-state index in [0.29, 0.717) is 5.39 Å². The first kappa shape index (κ1) is 17.7. The number of benzene rings is 2. The molecule has 1 fully saturated rings. The van der Waals surface area contributed by atoms with Crippen LogP contribution in [0.15, 0.2) is 36.4 Å². The summed E-state index contributed by atoms with van der Waals surface area (Å²) in [6.07, 6.45) is -4.42. The Morgan fingerprint density at radius 1 is 1.12 bits per heavy atom. The van der Waals surface area contributed by atoms with Gasteiger partial charge in [0.1, 0.15) is 0 Å². The molecule has 1 saturated heterocycles. The zero-order chi connectivity index (χ0) is 18.4. The highest BCUT2D eigenvalue weighted by Gasteiger charge is 2.47. The highest BCUT2D eigenvalue weighted by molar-refractivity contribution is 5.87. The Balaban J connectivity index is 2.18. The Morgan fingerprint density at radius 2 is 1.84 bits per heavy atom. The minimum atomic E-state index is -4.50. The molecular weight excluding hydrogens is 329 g/mol. The second-order valence-corrected chi connectivity index (χ2v) is 7.46. The van der Waals surface area contributed by atoms with Crippen LogP contribution in [-0.2, 0) is 10.2 Å². The number of nitrogens with one attached hydrogen (secondary N) is 1. The molecule has 0 spiro atoms. The first-order valence-corrected chi connectivity index (χ1v) is 8.23. The first-order valence-electron chi connectivity index (χ1n) is 8.23. The third-order valence-corrected chi connectivity index (χ3v) is 4.55. The number of carbonyl (C=O) groups is 1. The fraction of sp³-hybridized carbons (Fsp3) is 0.421. The number of hydrogen-bond donors (Lipinski definition) is 1. The van der Waals surface area contributed by atoms with E-state index in [0.717, 1.165) is 16.0 Å². The highest BCUT2D eigenvalue weighted by Crippen LogP contribution is 2.41. The fourth-order valence-electron chi connectivity index (χ4n) is 3.21. The quantitative estimate of drug-likeness (QED) is 0.866. The average Bonchev–Trinajstić information content (AvgIpc) is 2.91. The summed E-state index contributed by atoms with van der Waals surface area (Å²) in [6, 6.07) is 8.71. The molecule has 0 bridgehead atoms. The Hall–Kier alpha value is -2.08. The number of alkyl halides is 3. The Labute approximate surface area is 144 Å². The molecule has 2 aromatic rings. The van der Waals surface area contributed by atoms with Gasteiger partial charge in [-0.15, -0.1) is 0 Å². The summed E-state index contributed by atoms with van der Waals surface area (Å²) < 4.78 is 41.6. The van der Waals surface area contributed by atoms with Gasteiger partial charge in [0.15, 0.2) is 6.04 Å². The maximum atomic E-state index is 13.9. The van der Waals surface area contributed by atoms with Gasteiger partial charge in [0.2, 0.25) is 5.91 Å². The largest absolute Gasteiger partial charge is 0.409 e. The molecule has 3 rings (SSSR count). The smallest absolute Gasteiger partial charge is 0.288 e. The molecule has 1 aliphatic rings. The fourth-order valence-corrected chi connectivity index (χ4v) is 3.21. The Kier molecular flexibility index (Phi) is 4.27. The van der Waals surface area contributed by atoms with E-state index < -0.39 is 12.2 Å². The summed E-state index contributed by atoms with van der Waals surface area (Å²) in [6.45, 7) is 6.12. The van der Waals surface area contributed by atoms with Crippen LogP contribution >= 0.6 is 0 Å². The number of amides is 1. The van der Waals surface area contributed by atoms with E-state index in [-0.39, 0.29) is 29.9 Å². The zero-order valence-electron chi connectivity index (χ0n) is 14.4. The van der Waals surface area contributed by atoms with E-state index >= 15 is 0 Å². The second-order valence-electron chi connectivity index (χ2n) is 7.46. The zero-order valence-corrected chi connectivity index (χ0v) is 14.4. The van der Waals surface area contributed by atoms with Gasteiger partial charge in [-0.05, 0) is 27.3 Å². The van der Waals surface area contributed by atoms with Gasteiger partial charge in [-0.1, -0.05) is 57.2 Å². The molecule has 1 unspecified atom stereocenters. The highest BCUT2D eigenvalue weighted by atomic mass is 19.4. The number of fused-ring (bicyclic) bond motifs is 1. The number of halogens is 3. The number of carbonyl (C=O) groups excluding carboxylic acids is 1. The molecule has 1 heterocycles. The van der Waals surface area contributed by atoms with Crippen LogP contribution in [0, 0.1) is 0 Å². The van der Waals surface area contributed by atoms with Gasteiger partial charge in [-0.3, -0.25) is 10.2 Å². The summed E-state index contributed by atoms with van der Waals surface area (Å²) in [5, 5.41) is 2.32. The summed E-state index contributed by atoms with van der Waals surface area (Å²) in [7, 11) is 0. The standard InChI is InChI=1S/C19H21F3N2O/c1-18(2,3)13-8-7-12-5-4-6-14(15(12)11-13)17(19(20,21)22)24-10-9-16(25)23-24/h4-8,11,17H,9-10H2,1-3H3,(H,23,25). The van der Waals surface area contributed by atoms with Gasteiger partial charge in [0, 0.05) is 13.0 Å². The Bertz CT molecular complexity index is 808. The normalized spacial score (nSPS) is 17.8. The molecule has 1 atom stereocenters. The lowest BCUT2D eigenvalue weighted by Crippen LogP contribution is -2.43. The lowest BCUT2D eigenvalue weighted by molar-refractivity contribution is -0.190. The van der Waals surface area contributed by atoms with E-state index in [2.05, 4.69) is 5.43 Å². The topological polar surface area (TPSA) is 32.3 Å². The van der Waals surface area contributed by atoms with Crippen LogP contribution in [-0.4, -0.2) is 23.6 Å². The van der Waals surface area contributed by atoms with Crippen LogP contribution in [0.2, 0.25) is 0 Å². The molecule has 1 aliphatic heterocycles. The van der Waals surface area contributed by atoms with Gasteiger partial charge in [0.05, 0.1) is 0 Å². The predicted molar refractivity (Wildman–Crippen MR) is 90.9 cm³/mol. The van der Waals surface area contributed by atoms with E-state index in [1.165, 1.54) is 6.07 Å². The summed E-state index contributed by atoms with van der Waals surface area (Å²) in [5.41, 5.74) is 3.31. The summed E-state index contributed by atoms with van der Waals surface area (Å²) in [5.74, 6) is -0.384. The molecule has 1 N–H and O–H groups in total. The predicted octanol–water partition coefficient (Wildman–Crippen LogP) is 4.48. The van der Waals surface area contributed by atoms with Gasteiger partial charge < -0.3 is 0 Å². The van der Waals surface area contributed by atoms with Crippen molar-refractivity contribution in [1.29, 1.82) is 0 Å². The Morgan fingerprint density at radius 3 is 2.40 bits per heavy atom. The molecule has 2 aromatic carbocycles. The van der Waals surface area contributed by atoms with Crippen molar-refractivity contribution in [3.63, 3.8) is 0 Å². The SMILES string of the molecule is CC(C)(C)c1ccc2cccc(C(N3CCC(=O)N3)C(F)(F)F)c2c1. The third kappa shape index (κ3) is 3.49. The number of nitrogens with zero attached hydrogens (tertiary/aromatic N) is 1. The molecule has 134 valence electrons. The van der Waals surface area contributed by atoms with Crippen LogP contribution in [0.4, 0.5) is 13.2 Å². The van der Waals surface area contributed by atoms with Crippen LogP contribution < -0.4 is 5.43 Å². The minimum Gasteiger partial charge on any atom is -0.288 e. The van der Waals surface area contributed by atoms with Crippen molar-refractivity contribution in [2.75, 3.05) is 6.54 Å². The molecule has 0 radical (unpaired) electrons. The van der Waals surface area contributed by atoms with Crippen LogP contribution in [0.1, 0.15) is 44.4 Å². The van der Waals surface area contributed by atoms with Gasteiger partial charge in [-0.2, -0.15) is 13.2 Å². The maximum Gasteiger partial charge on any atom is 0.409 e. The van der Waals surface area contributed by atoms with Crippen molar-refractivity contribution in [2.24, 2.45) is 0 Å². The summed E-state index contributed by atoms with van der Waals surface area (Å²) in [4.78, 5) is 11.4. The van der Waals surface area contributed by atoms with Crippen molar-refractivity contribution in [2.45, 2.75) is 44.8 Å². The molecular formula is C19H21F3N2O. The monoisotopic (exact) mass is 350 g/mol. The van der Waals surface area contributed by atoms with Crippen molar-refractivity contribution >= 4 is 16.7 Å². The molecule has 6 heteroatoms. The number of hydrazine groups is 1. The molecule has 0 aromatic heterocycles. The van der Waals surface area contributed by atoms with Crippen LogP contribution in [0.3, 0.4) is 0 Å². The number of rotatable bonds is 2. The lowest BCUT2D eigenvalue weighted by atomic mass is 9.84. The van der Waals surface area contributed by atoms with E-state index in [1.807, 2.05) is 39.0 Å². The van der Waals surface area contributed by atoms with Crippen molar-refractivity contribution in [3.8, 4) is 0 Å². The number of hydrogen-bond acceptors (Lipinski definition) is 2. The molecule has 1 amide bonds. The van der Waals surface area contributed by atoms with E-state index in [9.17, 15) is 18.0 Å². The summed E-state index contributed by atoms with van der Waals surface area (Å²) >= 11 is 0. The molecule has 3 nitrogen and oxygen atoms in total. The lowest BCUT2D eigenvalue weighted by Gasteiger charge is -2.30. The first-order chi connectivity index (χ1) is 11.6. The van der Waals surface area contributed by atoms with E-state index in [1.54, 1.807) is 12.1 Å². The van der Waals surface area contributed by atoms with Crippen molar-refractivity contribution in [1.82, 2.24) is 10.4 Å². The molecule has 0 aliphatic carbocycles.